The Hall–Kier alpha value is -2.62. The lowest BCUT2D eigenvalue weighted by Crippen LogP contribution is -2.15. The van der Waals surface area contributed by atoms with Gasteiger partial charge in [0.05, 0.1) is 23.9 Å². The Morgan fingerprint density at radius 3 is 2.42 bits per heavy atom. The molecular weight excluding hydrogens is 300 g/mol. The number of rotatable bonds is 4. The summed E-state index contributed by atoms with van der Waals surface area (Å²) in [5.74, 6) is -0.235. The molecule has 0 radical (unpaired) electrons. The van der Waals surface area contributed by atoms with Crippen molar-refractivity contribution in [2.24, 2.45) is 0 Å². The van der Waals surface area contributed by atoms with E-state index in [1.165, 1.54) is 5.56 Å². The first kappa shape index (κ1) is 16.2. The molecule has 0 unspecified atom stereocenters. The molecule has 0 spiro atoms. The number of carbonyl (C=O) groups is 1. The third kappa shape index (κ3) is 3.32. The molecule has 1 aromatic carbocycles. The van der Waals surface area contributed by atoms with Gasteiger partial charge in [0.1, 0.15) is 5.65 Å². The molecular formula is C20H22N2O2. The highest BCUT2D eigenvalue weighted by Gasteiger charge is 2.18. The van der Waals surface area contributed by atoms with Gasteiger partial charge in [-0.2, -0.15) is 0 Å². The maximum Gasteiger partial charge on any atom is 0.312 e. The van der Waals surface area contributed by atoms with Crippen LogP contribution in [0.5, 0.6) is 0 Å². The van der Waals surface area contributed by atoms with Gasteiger partial charge < -0.3 is 9.14 Å². The third-order valence-corrected chi connectivity index (χ3v) is 3.87. The van der Waals surface area contributed by atoms with E-state index in [0.29, 0.717) is 0 Å². The number of fused-ring (bicyclic) bond motifs is 1. The normalized spacial score (nSPS) is 11.2. The Bertz CT molecular complexity index is 877. The number of aryl methyl sites for hydroxylation is 2. The molecule has 2 aromatic heterocycles. The summed E-state index contributed by atoms with van der Waals surface area (Å²) < 4.78 is 7.32. The first-order chi connectivity index (χ1) is 11.4. The summed E-state index contributed by atoms with van der Waals surface area (Å²) in [6.45, 7) is 7.80. The molecule has 24 heavy (non-hydrogen) atoms. The zero-order valence-corrected chi connectivity index (χ0v) is 14.5. The van der Waals surface area contributed by atoms with E-state index in [1.807, 2.05) is 55.6 Å². The minimum atomic E-state index is -0.235. The highest BCUT2D eigenvalue weighted by Crippen LogP contribution is 2.26. The Balaban J connectivity index is 2.11. The summed E-state index contributed by atoms with van der Waals surface area (Å²) in [5, 5.41) is 0. The zero-order chi connectivity index (χ0) is 17.3. The molecule has 0 bridgehead atoms. The van der Waals surface area contributed by atoms with Gasteiger partial charge in [0.25, 0.3) is 0 Å². The van der Waals surface area contributed by atoms with Gasteiger partial charge in [0.2, 0.25) is 0 Å². The van der Waals surface area contributed by atoms with Crippen LogP contribution < -0.4 is 0 Å². The highest BCUT2D eigenvalue weighted by atomic mass is 16.5. The van der Waals surface area contributed by atoms with E-state index in [4.69, 9.17) is 9.72 Å². The monoisotopic (exact) mass is 322 g/mol. The fraction of sp³-hybridized carbons (Fsp3) is 0.300. The summed E-state index contributed by atoms with van der Waals surface area (Å²) in [6.07, 6.45) is 2.09. The number of benzene rings is 1. The van der Waals surface area contributed by atoms with E-state index in [9.17, 15) is 4.79 Å². The van der Waals surface area contributed by atoms with Crippen LogP contribution in [0, 0.1) is 13.8 Å². The van der Waals surface area contributed by atoms with E-state index in [-0.39, 0.29) is 18.5 Å². The zero-order valence-electron chi connectivity index (χ0n) is 14.5. The van der Waals surface area contributed by atoms with Crippen LogP contribution in [0.4, 0.5) is 0 Å². The van der Waals surface area contributed by atoms with Gasteiger partial charge in [0, 0.05) is 11.8 Å². The average Bonchev–Trinajstić information content (AvgIpc) is 2.85. The lowest BCUT2D eigenvalue weighted by Gasteiger charge is -2.09. The topological polar surface area (TPSA) is 43.6 Å². The van der Waals surface area contributed by atoms with Gasteiger partial charge in [-0.15, -0.1) is 0 Å². The van der Waals surface area contributed by atoms with Crippen LogP contribution in [0.15, 0.2) is 42.6 Å². The summed E-state index contributed by atoms with van der Waals surface area (Å²) >= 11 is 0. The van der Waals surface area contributed by atoms with Gasteiger partial charge in [-0.25, -0.2) is 4.98 Å². The lowest BCUT2D eigenvalue weighted by molar-refractivity contribution is -0.146. The number of pyridine rings is 1. The van der Waals surface area contributed by atoms with E-state index in [1.54, 1.807) is 0 Å². The van der Waals surface area contributed by atoms with Gasteiger partial charge in [-0.3, -0.25) is 4.79 Å². The molecule has 0 aliphatic rings. The third-order valence-electron chi connectivity index (χ3n) is 3.87. The largest absolute Gasteiger partial charge is 0.463 e. The molecule has 0 aliphatic heterocycles. The summed E-state index contributed by atoms with van der Waals surface area (Å²) in [5.41, 5.74) is 5.86. The summed E-state index contributed by atoms with van der Waals surface area (Å²) in [6, 6.07) is 12.2. The van der Waals surface area contributed by atoms with Crippen molar-refractivity contribution < 1.29 is 9.53 Å². The van der Waals surface area contributed by atoms with Gasteiger partial charge in [-0.1, -0.05) is 35.9 Å². The molecule has 0 saturated carbocycles. The molecule has 2 heterocycles. The second-order valence-corrected chi connectivity index (χ2v) is 6.42. The molecule has 4 heteroatoms. The molecule has 0 saturated heterocycles. The van der Waals surface area contributed by atoms with Crippen molar-refractivity contribution in [3.63, 3.8) is 0 Å². The van der Waals surface area contributed by atoms with Crippen molar-refractivity contribution in [1.29, 1.82) is 0 Å². The molecule has 0 aliphatic carbocycles. The van der Waals surface area contributed by atoms with Crippen molar-refractivity contribution in [2.45, 2.75) is 40.2 Å². The SMILES string of the molecule is Cc1ccc(-c2nc3ccc(C)cn3c2CC(=O)OC(C)C)cc1. The number of aromatic nitrogens is 2. The minimum absolute atomic E-state index is 0.124. The van der Waals surface area contributed by atoms with Crippen LogP contribution in [-0.4, -0.2) is 21.5 Å². The quantitative estimate of drug-likeness (QED) is 0.679. The molecule has 0 fully saturated rings. The molecule has 3 aromatic rings. The van der Waals surface area contributed by atoms with Crippen molar-refractivity contribution in [3.8, 4) is 11.3 Å². The number of hydrogen-bond donors (Lipinski definition) is 0. The summed E-state index contributed by atoms with van der Waals surface area (Å²) in [4.78, 5) is 17.0. The smallest absolute Gasteiger partial charge is 0.312 e. The number of nitrogens with zero attached hydrogens (tertiary/aromatic N) is 2. The predicted octanol–water partition coefficient (Wildman–Crippen LogP) is 4.11. The summed E-state index contributed by atoms with van der Waals surface area (Å²) in [7, 11) is 0. The highest BCUT2D eigenvalue weighted by molar-refractivity contribution is 5.77. The van der Waals surface area contributed by atoms with E-state index >= 15 is 0 Å². The Labute approximate surface area is 142 Å². The van der Waals surface area contributed by atoms with Gasteiger partial charge in [0.15, 0.2) is 0 Å². The van der Waals surface area contributed by atoms with Crippen LogP contribution >= 0.6 is 0 Å². The Morgan fingerprint density at radius 1 is 1.08 bits per heavy atom. The number of esters is 1. The molecule has 124 valence electrons. The Kier molecular flexibility index (Phi) is 4.38. The maximum absolute atomic E-state index is 12.2. The number of hydrogen-bond acceptors (Lipinski definition) is 3. The van der Waals surface area contributed by atoms with Crippen LogP contribution in [0.3, 0.4) is 0 Å². The predicted molar refractivity (Wildman–Crippen MR) is 95.0 cm³/mol. The fourth-order valence-electron chi connectivity index (χ4n) is 2.75. The van der Waals surface area contributed by atoms with Crippen molar-refractivity contribution in [3.05, 3.63) is 59.4 Å². The molecule has 4 nitrogen and oxygen atoms in total. The Morgan fingerprint density at radius 2 is 1.75 bits per heavy atom. The van der Waals surface area contributed by atoms with Gasteiger partial charge >= 0.3 is 5.97 Å². The van der Waals surface area contributed by atoms with Crippen LogP contribution in [0.1, 0.15) is 30.7 Å². The second kappa shape index (κ2) is 6.48. The first-order valence-corrected chi connectivity index (χ1v) is 8.18. The van der Waals surface area contributed by atoms with Crippen LogP contribution in [-0.2, 0) is 16.0 Å². The average molecular weight is 322 g/mol. The van der Waals surface area contributed by atoms with Crippen molar-refractivity contribution in [1.82, 2.24) is 9.38 Å². The minimum Gasteiger partial charge on any atom is -0.463 e. The van der Waals surface area contributed by atoms with Crippen molar-refractivity contribution >= 4 is 11.6 Å². The molecule has 3 rings (SSSR count). The molecule has 0 amide bonds. The van der Waals surface area contributed by atoms with E-state index < -0.39 is 0 Å². The first-order valence-electron chi connectivity index (χ1n) is 8.18. The van der Waals surface area contributed by atoms with Crippen LogP contribution in [0.2, 0.25) is 0 Å². The second-order valence-electron chi connectivity index (χ2n) is 6.42. The fourth-order valence-corrected chi connectivity index (χ4v) is 2.75. The molecule has 0 N–H and O–H groups in total. The van der Waals surface area contributed by atoms with E-state index in [2.05, 4.69) is 19.1 Å². The number of carbonyl (C=O) groups excluding carboxylic acids is 1. The maximum atomic E-state index is 12.2. The van der Waals surface area contributed by atoms with Crippen molar-refractivity contribution in [2.75, 3.05) is 0 Å². The lowest BCUT2D eigenvalue weighted by atomic mass is 10.1. The standard InChI is InChI=1S/C20H22N2O2/c1-13(2)24-19(23)11-17-20(16-8-5-14(3)6-9-16)21-18-10-7-15(4)12-22(17)18/h5-10,12-13H,11H2,1-4H3. The number of imidazole rings is 1. The molecule has 0 atom stereocenters. The number of ether oxygens (including phenoxy) is 1. The van der Waals surface area contributed by atoms with Gasteiger partial charge in [-0.05, 0) is 39.3 Å². The van der Waals surface area contributed by atoms with Crippen LogP contribution in [0.25, 0.3) is 16.9 Å². The van der Waals surface area contributed by atoms with E-state index in [0.717, 1.165) is 28.2 Å².